The molecule has 30 heavy (non-hydrogen) atoms. The largest absolute Gasteiger partial charge is 0.494 e. The third-order valence-corrected chi connectivity index (χ3v) is 4.75. The fourth-order valence-corrected chi connectivity index (χ4v) is 3.21. The molecule has 2 aromatic rings. The summed E-state index contributed by atoms with van der Waals surface area (Å²) < 4.78 is 5.69. The summed E-state index contributed by atoms with van der Waals surface area (Å²) in [4.78, 5) is 12.7. The van der Waals surface area contributed by atoms with Gasteiger partial charge >= 0.3 is 0 Å². The molecule has 0 saturated heterocycles. The molecule has 0 fully saturated rings. The zero-order chi connectivity index (χ0) is 22.3. The molecule has 2 N–H and O–H groups in total. The number of rotatable bonds is 7. The van der Waals surface area contributed by atoms with Crippen molar-refractivity contribution in [1.82, 2.24) is 5.32 Å². The third kappa shape index (κ3) is 5.87. The van der Waals surface area contributed by atoms with Gasteiger partial charge in [0.15, 0.2) is 0 Å². The molecule has 5 heteroatoms. The predicted octanol–water partition coefficient (Wildman–Crippen LogP) is 5.39. The first-order chi connectivity index (χ1) is 14.2. The maximum absolute atomic E-state index is 12.7. The molecule has 0 spiro atoms. The summed E-state index contributed by atoms with van der Waals surface area (Å²) in [6.45, 7) is 12.7. The van der Waals surface area contributed by atoms with E-state index in [0.717, 1.165) is 28.1 Å². The van der Waals surface area contributed by atoms with Crippen LogP contribution in [0.2, 0.25) is 0 Å². The van der Waals surface area contributed by atoms with Gasteiger partial charge in [-0.15, -0.1) is 0 Å². The molecule has 1 amide bonds. The Labute approximate surface area is 179 Å². The van der Waals surface area contributed by atoms with Crippen molar-refractivity contribution in [2.45, 2.75) is 53.0 Å². The van der Waals surface area contributed by atoms with Crippen LogP contribution in [0.5, 0.6) is 5.75 Å². The fraction of sp³-hybridized carbons (Fsp3) is 0.360. The molecule has 0 aliphatic rings. The second-order valence-electron chi connectivity index (χ2n) is 8.28. The minimum Gasteiger partial charge on any atom is -0.494 e. The van der Waals surface area contributed by atoms with E-state index < -0.39 is 5.91 Å². The highest BCUT2D eigenvalue weighted by molar-refractivity contribution is 5.97. The summed E-state index contributed by atoms with van der Waals surface area (Å²) >= 11 is 0. The van der Waals surface area contributed by atoms with Crippen LogP contribution in [0.15, 0.2) is 54.2 Å². The molecule has 0 aliphatic carbocycles. The number of anilines is 1. The van der Waals surface area contributed by atoms with E-state index in [0.29, 0.717) is 6.61 Å². The molecule has 2 aromatic carbocycles. The van der Waals surface area contributed by atoms with Gasteiger partial charge in [0.05, 0.1) is 12.6 Å². The van der Waals surface area contributed by atoms with E-state index in [1.165, 1.54) is 6.20 Å². The maximum atomic E-state index is 12.7. The second-order valence-corrected chi connectivity index (χ2v) is 8.28. The smallest absolute Gasteiger partial charge is 0.263 e. The van der Waals surface area contributed by atoms with E-state index >= 15 is 0 Å². The topological polar surface area (TPSA) is 74.1 Å². The van der Waals surface area contributed by atoms with Crippen LogP contribution in [-0.2, 0) is 10.2 Å². The Morgan fingerprint density at radius 2 is 1.93 bits per heavy atom. The van der Waals surface area contributed by atoms with Gasteiger partial charge in [-0.25, -0.2) is 0 Å². The number of nitrogens with one attached hydrogen (secondary N) is 2. The highest BCUT2D eigenvalue weighted by Gasteiger charge is 2.19. The van der Waals surface area contributed by atoms with E-state index in [4.69, 9.17) is 4.74 Å². The quantitative estimate of drug-likeness (QED) is 0.478. The number of carbonyl (C=O) groups excluding carboxylic acids is 1. The maximum Gasteiger partial charge on any atom is 0.263 e. The molecule has 5 nitrogen and oxygen atoms in total. The SMILES string of the molecule is CCOc1ccc(C)cc1C(C)NC(=O)/C(C#N)=C\Nc1ccccc1C(C)(C)C. The number of carbonyl (C=O) groups is 1. The van der Waals surface area contributed by atoms with E-state index in [1.54, 1.807) is 0 Å². The highest BCUT2D eigenvalue weighted by atomic mass is 16.5. The van der Waals surface area contributed by atoms with Gasteiger partial charge in [-0.2, -0.15) is 5.26 Å². The van der Waals surface area contributed by atoms with E-state index in [2.05, 4.69) is 31.4 Å². The molecular formula is C25H31N3O2. The van der Waals surface area contributed by atoms with Gasteiger partial charge in [0.1, 0.15) is 17.4 Å². The van der Waals surface area contributed by atoms with Crippen molar-refractivity contribution in [3.63, 3.8) is 0 Å². The number of nitrogens with zero attached hydrogens (tertiary/aromatic N) is 1. The van der Waals surface area contributed by atoms with Crippen molar-refractivity contribution >= 4 is 11.6 Å². The van der Waals surface area contributed by atoms with Crippen molar-refractivity contribution in [3.8, 4) is 11.8 Å². The Bertz CT molecular complexity index is 965. The Morgan fingerprint density at radius 1 is 1.23 bits per heavy atom. The molecular weight excluding hydrogens is 374 g/mol. The number of ether oxygens (including phenoxy) is 1. The van der Waals surface area contributed by atoms with Gasteiger partial charge in [-0.05, 0) is 43.9 Å². The Morgan fingerprint density at radius 3 is 2.57 bits per heavy atom. The Balaban J connectivity index is 2.20. The monoisotopic (exact) mass is 405 g/mol. The standard InChI is InChI=1S/C25H31N3O2/c1-7-30-23-13-12-17(2)14-20(23)18(3)28-24(29)19(15-26)16-27-22-11-9-8-10-21(22)25(4,5)6/h8-14,16,18,27H,7H2,1-6H3,(H,28,29)/b19-16-. The van der Waals surface area contributed by atoms with Crippen molar-refractivity contribution in [2.75, 3.05) is 11.9 Å². The second kappa shape index (κ2) is 9.98. The van der Waals surface area contributed by atoms with Crippen LogP contribution in [-0.4, -0.2) is 12.5 Å². The third-order valence-electron chi connectivity index (χ3n) is 4.75. The van der Waals surface area contributed by atoms with Crippen molar-refractivity contribution < 1.29 is 9.53 Å². The summed E-state index contributed by atoms with van der Waals surface area (Å²) in [6, 6.07) is 15.4. The predicted molar refractivity (Wildman–Crippen MR) is 121 cm³/mol. The molecule has 0 aromatic heterocycles. The van der Waals surface area contributed by atoms with Gasteiger partial charge in [0, 0.05) is 17.5 Å². The number of aryl methyl sites for hydroxylation is 1. The zero-order valence-corrected chi connectivity index (χ0v) is 18.7. The summed E-state index contributed by atoms with van der Waals surface area (Å²) in [5, 5.41) is 15.6. The minimum atomic E-state index is -0.435. The molecule has 0 aliphatic heterocycles. The molecule has 158 valence electrons. The van der Waals surface area contributed by atoms with Crippen LogP contribution in [0, 0.1) is 18.3 Å². The molecule has 2 rings (SSSR count). The lowest BCUT2D eigenvalue weighted by Gasteiger charge is -2.22. The van der Waals surface area contributed by atoms with Gasteiger partial charge in [0.2, 0.25) is 0 Å². The van der Waals surface area contributed by atoms with Crippen molar-refractivity contribution in [1.29, 1.82) is 5.26 Å². The van der Waals surface area contributed by atoms with Crippen LogP contribution in [0.1, 0.15) is 57.4 Å². The molecule has 0 bridgehead atoms. The van der Waals surface area contributed by atoms with Crippen LogP contribution in [0.25, 0.3) is 0 Å². The van der Waals surface area contributed by atoms with Gasteiger partial charge in [0.25, 0.3) is 5.91 Å². The first-order valence-corrected chi connectivity index (χ1v) is 10.2. The Hall–Kier alpha value is -3.26. The molecule has 1 unspecified atom stereocenters. The lowest BCUT2D eigenvalue weighted by molar-refractivity contribution is -0.117. The summed E-state index contributed by atoms with van der Waals surface area (Å²) in [5.74, 6) is 0.297. The summed E-state index contributed by atoms with van der Waals surface area (Å²) in [6.07, 6.45) is 1.46. The van der Waals surface area contributed by atoms with Crippen molar-refractivity contribution in [2.24, 2.45) is 0 Å². The number of hydrogen-bond donors (Lipinski definition) is 2. The van der Waals surface area contributed by atoms with Crippen LogP contribution in [0.3, 0.4) is 0 Å². The highest BCUT2D eigenvalue weighted by Crippen LogP contribution is 2.29. The molecule has 0 radical (unpaired) electrons. The van der Waals surface area contributed by atoms with E-state index in [9.17, 15) is 10.1 Å². The number of para-hydroxylation sites is 1. The normalized spacial score (nSPS) is 12.6. The summed E-state index contributed by atoms with van der Waals surface area (Å²) in [5.41, 5.74) is 3.88. The number of amides is 1. The van der Waals surface area contributed by atoms with E-state index in [1.807, 2.05) is 69.3 Å². The lowest BCUT2D eigenvalue weighted by atomic mass is 9.86. The molecule has 0 heterocycles. The van der Waals surface area contributed by atoms with Gasteiger partial charge < -0.3 is 15.4 Å². The first-order valence-electron chi connectivity index (χ1n) is 10.2. The first kappa shape index (κ1) is 23.0. The molecule has 0 saturated carbocycles. The van der Waals surface area contributed by atoms with Crippen molar-refractivity contribution in [3.05, 3.63) is 70.9 Å². The Kier molecular flexibility index (Phi) is 7.66. The van der Waals surface area contributed by atoms with Gasteiger partial charge in [-0.1, -0.05) is 56.7 Å². The summed E-state index contributed by atoms with van der Waals surface area (Å²) in [7, 11) is 0. The number of nitriles is 1. The fourth-order valence-electron chi connectivity index (χ4n) is 3.21. The van der Waals surface area contributed by atoms with Crippen LogP contribution < -0.4 is 15.4 Å². The average molecular weight is 406 g/mol. The van der Waals surface area contributed by atoms with Crippen LogP contribution in [0.4, 0.5) is 5.69 Å². The van der Waals surface area contributed by atoms with Crippen LogP contribution >= 0.6 is 0 Å². The minimum absolute atomic E-state index is 0.0103. The zero-order valence-electron chi connectivity index (χ0n) is 18.7. The molecule has 1 atom stereocenters. The average Bonchev–Trinajstić information content (AvgIpc) is 2.69. The number of benzene rings is 2. The van der Waals surface area contributed by atoms with E-state index in [-0.39, 0.29) is 17.0 Å². The van der Waals surface area contributed by atoms with Gasteiger partial charge in [-0.3, -0.25) is 4.79 Å². The number of hydrogen-bond acceptors (Lipinski definition) is 4. The lowest BCUT2D eigenvalue weighted by Crippen LogP contribution is -2.28.